The van der Waals surface area contributed by atoms with Crippen molar-refractivity contribution in [1.29, 1.82) is 0 Å². The van der Waals surface area contributed by atoms with Gasteiger partial charge < -0.3 is 15.2 Å². The smallest absolute Gasteiger partial charge is 0.159 e. The maximum absolute atomic E-state index is 13.0. The Morgan fingerprint density at radius 2 is 1.94 bits per heavy atom. The highest BCUT2D eigenvalue weighted by atomic mass is 19.2. The highest BCUT2D eigenvalue weighted by molar-refractivity contribution is 5.20. The lowest BCUT2D eigenvalue weighted by atomic mass is 10.1. The van der Waals surface area contributed by atoms with Gasteiger partial charge in [-0.25, -0.2) is 8.78 Å². The van der Waals surface area contributed by atoms with E-state index < -0.39 is 17.7 Å². The number of halogens is 2. The Morgan fingerprint density at radius 1 is 1.22 bits per heavy atom. The van der Waals surface area contributed by atoms with Crippen LogP contribution in [0.5, 0.6) is 0 Å². The second-order valence-electron chi connectivity index (χ2n) is 4.08. The van der Waals surface area contributed by atoms with Crippen molar-refractivity contribution in [3.8, 4) is 0 Å². The molecule has 5 heteroatoms. The molecule has 1 aromatic carbocycles. The molecule has 0 saturated carbocycles. The molecule has 0 fully saturated rings. The van der Waals surface area contributed by atoms with Crippen molar-refractivity contribution in [3.05, 3.63) is 35.4 Å². The van der Waals surface area contributed by atoms with E-state index in [4.69, 9.17) is 15.2 Å². The number of ether oxygens (including phenoxy) is 2. The van der Waals surface area contributed by atoms with Crippen molar-refractivity contribution in [2.45, 2.75) is 26.0 Å². The Labute approximate surface area is 106 Å². The van der Waals surface area contributed by atoms with Crippen LogP contribution in [0.1, 0.15) is 25.5 Å². The Bertz CT molecular complexity index is 374. The maximum atomic E-state index is 13.0. The summed E-state index contributed by atoms with van der Waals surface area (Å²) < 4.78 is 36.4. The van der Waals surface area contributed by atoms with E-state index in [2.05, 4.69) is 0 Å². The van der Waals surface area contributed by atoms with Gasteiger partial charge >= 0.3 is 0 Å². The summed E-state index contributed by atoms with van der Waals surface area (Å²) in [6, 6.07) is 3.13. The van der Waals surface area contributed by atoms with Crippen LogP contribution in [-0.4, -0.2) is 25.9 Å². The summed E-state index contributed by atoms with van der Waals surface area (Å²) in [5, 5.41) is 0. The molecular weight excluding hydrogens is 240 g/mol. The number of hydrogen-bond donors (Lipinski definition) is 1. The molecule has 102 valence electrons. The molecule has 0 saturated heterocycles. The fourth-order valence-electron chi connectivity index (χ4n) is 1.44. The van der Waals surface area contributed by atoms with E-state index in [1.54, 1.807) is 0 Å². The molecule has 0 aliphatic heterocycles. The first kappa shape index (κ1) is 15.0. The molecule has 1 rings (SSSR count). The Balaban J connectivity index is 2.44. The third kappa shape index (κ3) is 4.68. The van der Waals surface area contributed by atoms with Crippen molar-refractivity contribution in [3.63, 3.8) is 0 Å². The fraction of sp³-hybridized carbons (Fsp3) is 0.538. The molecule has 0 bridgehead atoms. The predicted octanol–water partition coefficient (Wildman–Crippen LogP) is 2.41. The zero-order valence-electron chi connectivity index (χ0n) is 10.7. The van der Waals surface area contributed by atoms with Gasteiger partial charge in [-0.3, -0.25) is 0 Å². The molecule has 0 aromatic heterocycles. The number of benzene rings is 1. The second-order valence-corrected chi connectivity index (χ2v) is 4.08. The van der Waals surface area contributed by atoms with Crippen LogP contribution in [0.4, 0.5) is 8.78 Å². The predicted molar refractivity (Wildman–Crippen MR) is 65.2 cm³/mol. The van der Waals surface area contributed by atoms with Gasteiger partial charge in [0.2, 0.25) is 0 Å². The summed E-state index contributed by atoms with van der Waals surface area (Å²) in [6.45, 7) is 5.12. The van der Waals surface area contributed by atoms with E-state index >= 15 is 0 Å². The molecule has 0 heterocycles. The summed E-state index contributed by atoms with van der Waals surface area (Å²) in [7, 11) is 0. The van der Waals surface area contributed by atoms with Gasteiger partial charge in [-0.2, -0.15) is 0 Å². The van der Waals surface area contributed by atoms with Crippen molar-refractivity contribution in [2.75, 3.05) is 19.8 Å². The molecule has 18 heavy (non-hydrogen) atoms. The van der Waals surface area contributed by atoms with Crippen molar-refractivity contribution in [2.24, 2.45) is 5.73 Å². The molecule has 2 unspecified atom stereocenters. The minimum Gasteiger partial charge on any atom is -0.379 e. The highest BCUT2D eigenvalue weighted by Gasteiger charge is 2.11. The molecule has 0 spiro atoms. The molecule has 2 atom stereocenters. The van der Waals surface area contributed by atoms with Crippen LogP contribution in [0.2, 0.25) is 0 Å². The lowest BCUT2D eigenvalue weighted by Gasteiger charge is -2.17. The monoisotopic (exact) mass is 259 g/mol. The largest absolute Gasteiger partial charge is 0.379 e. The second kappa shape index (κ2) is 7.41. The average Bonchev–Trinajstić information content (AvgIpc) is 2.36. The summed E-state index contributed by atoms with van der Waals surface area (Å²) in [5.74, 6) is -1.78. The molecule has 3 nitrogen and oxygen atoms in total. The molecular formula is C13H19F2NO2. The molecule has 0 amide bonds. The summed E-state index contributed by atoms with van der Waals surface area (Å²) in [6.07, 6.45) is -0.0821. The van der Waals surface area contributed by atoms with E-state index in [0.29, 0.717) is 18.8 Å². The molecule has 2 N–H and O–H groups in total. The van der Waals surface area contributed by atoms with E-state index in [1.807, 2.05) is 13.8 Å². The van der Waals surface area contributed by atoms with Crippen LogP contribution in [0.3, 0.4) is 0 Å². The van der Waals surface area contributed by atoms with Crippen LogP contribution < -0.4 is 5.73 Å². The average molecular weight is 259 g/mol. The fourth-order valence-corrected chi connectivity index (χ4v) is 1.44. The summed E-state index contributed by atoms with van der Waals surface area (Å²) >= 11 is 0. The first-order valence-electron chi connectivity index (χ1n) is 5.94. The SMILES string of the molecule is CCOCC(C)OCC(N)c1ccc(F)c(F)c1. The molecule has 0 radical (unpaired) electrons. The van der Waals surface area contributed by atoms with Crippen molar-refractivity contribution < 1.29 is 18.3 Å². The van der Waals surface area contributed by atoms with E-state index in [0.717, 1.165) is 12.1 Å². The summed E-state index contributed by atoms with van der Waals surface area (Å²) in [5.41, 5.74) is 6.35. The van der Waals surface area contributed by atoms with Crippen LogP contribution >= 0.6 is 0 Å². The zero-order chi connectivity index (χ0) is 13.5. The first-order valence-corrected chi connectivity index (χ1v) is 5.94. The van der Waals surface area contributed by atoms with Crippen LogP contribution in [0.15, 0.2) is 18.2 Å². The van der Waals surface area contributed by atoms with E-state index in [9.17, 15) is 8.78 Å². The lowest BCUT2D eigenvalue weighted by Crippen LogP contribution is -2.23. The Morgan fingerprint density at radius 3 is 2.56 bits per heavy atom. The van der Waals surface area contributed by atoms with Gasteiger partial charge in [0.25, 0.3) is 0 Å². The number of nitrogens with two attached hydrogens (primary N) is 1. The molecule has 0 aliphatic rings. The van der Waals surface area contributed by atoms with Gasteiger partial charge in [-0.15, -0.1) is 0 Å². The van der Waals surface area contributed by atoms with Gasteiger partial charge in [0.1, 0.15) is 0 Å². The number of hydrogen-bond acceptors (Lipinski definition) is 3. The normalized spacial score (nSPS) is 14.5. The molecule has 1 aromatic rings. The third-order valence-corrected chi connectivity index (χ3v) is 2.49. The van der Waals surface area contributed by atoms with E-state index in [-0.39, 0.29) is 12.7 Å². The van der Waals surface area contributed by atoms with Gasteiger partial charge in [-0.1, -0.05) is 6.07 Å². The highest BCUT2D eigenvalue weighted by Crippen LogP contribution is 2.15. The molecule has 0 aliphatic carbocycles. The first-order chi connectivity index (χ1) is 8.54. The zero-order valence-corrected chi connectivity index (χ0v) is 10.7. The van der Waals surface area contributed by atoms with Gasteiger partial charge in [0, 0.05) is 6.61 Å². The quantitative estimate of drug-likeness (QED) is 0.817. The maximum Gasteiger partial charge on any atom is 0.159 e. The number of rotatable bonds is 7. The van der Waals surface area contributed by atoms with Gasteiger partial charge in [-0.05, 0) is 31.5 Å². The van der Waals surface area contributed by atoms with Gasteiger partial charge in [0.15, 0.2) is 11.6 Å². The lowest BCUT2D eigenvalue weighted by molar-refractivity contribution is -0.00838. The topological polar surface area (TPSA) is 44.5 Å². The summed E-state index contributed by atoms with van der Waals surface area (Å²) in [4.78, 5) is 0. The van der Waals surface area contributed by atoms with E-state index in [1.165, 1.54) is 6.07 Å². The minimum absolute atomic E-state index is 0.0821. The van der Waals surface area contributed by atoms with Crippen LogP contribution in [0.25, 0.3) is 0 Å². The van der Waals surface area contributed by atoms with Crippen LogP contribution in [0, 0.1) is 11.6 Å². The van der Waals surface area contributed by atoms with Gasteiger partial charge in [0.05, 0.1) is 25.4 Å². The van der Waals surface area contributed by atoms with Crippen LogP contribution in [-0.2, 0) is 9.47 Å². The standard InChI is InChI=1S/C13H19F2NO2/c1-3-17-7-9(2)18-8-13(16)10-4-5-11(14)12(15)6-10/h4-6,9,13H,3,7-8,16H2,1-2H3. The third-order valence-electron chi connectivity index (χ3n) is 2.49. The Kier molecular flexibility index (Phi) is 6.18. The Hall–Kier alpha value is -1.04. The van der Waals surface area contributed by atoms with Crippen molar-refractivity contribution >= 4 is 0 Å². The van der Waals surface area contributed by atoms with Crippen molar-refractivity contribution in [1.82, 2.24) is 0 Å². The minimum atomic E-state index is -0.898.